The Labute approximate surface area is 182 Å². The van der Waals surface area contributed by atoms with Gasteiger partial charge in [-0.3, -0.25) is 0 Å². The molecule has 4 rings (SSSR count). The summed E-state index contributed by atoms with van der Waals surface area (Å²) in [7, 11) is 1.58. The molecule has 5 N–H and O–H groups in total. The molecule has 2 aromatic carbocycles. The van der Waals surface area contributed by atoms with Gasteiger partial charge in [0.2, 0.25) is 0 Å². The van der Waals surface area contributed by atoms with Crippen LogP contribution in [0.4, 0.5) is 16.2 Å². The van der Waals surface area contributed by atoms with E-state index in [0.29, 0.717) is 11.4 Å². The zero-order valence-electron chi connectivity index (χ0n) is 17.8. The van der Waals surface area contributed by atoms with Crippen LogP contribution in [-0.4, -0.2) is 30.7 Å². The van der Waals surface area contributed by atoms with Crippen LogP contribution >= 0.6 is 0 Å². The highest BCUT2D eigenvalue weighted by Crippen LogP contribution is 2.38. The maximum Gasteiger partial charge on any atom is 0.407 e. The molecule has 3 atom stereocenters. The van der Waals surface area contributed by atoms with Crippen molar-refractivity contribution in [3.63, 3.8) is 0 Å². The van der Waals surface area contributed by atoms with Crippen LogP contribution in [0.25, 0.3) is 0 Å². The van der Waals surface area contributed by atoms with E-state index in [1.807, 2.05) is 48.5 Å². The second-order valence-corrected chi connectivity index (χ2v) is 8.18. The number of amides is 1. The highest BCUT2D eigenvalue weighted by Gasteiger charge is 2.42. The predicted octanol–water partition coefficient (Wildman–Crippen LogP) is 3.98. The number of fused-ring (bicyclic) bond motifs is 1. The molecule has 7 nitrogen and oxygen atoms in total. The van der Waals surface area contributed by atoms with E-state index >= 15 is 0 Å². The Morgan fingerprint density at radius 2 is 1.42 bits per heavy atom. The third-order valence-corrected chi connectivity index (χ3v) is 6.15. The van der Waals surface area contributed by atoms with Crippen LogP contribution in [0.1, 0.15) is 43.2 Å². The van der Waals surface area contributed by atoms with Gasteiger partial charge in [-0.15, -0.1) is 0 Å². The average molecular weight is 420 g/mol. The Morgan fingerprint density at radius 1 is 0.871 bits per heavy atom. The summed E-state index contributed by atoms with van der Waals surface area (Å²) in [4.78, 5) is 12.2. The van der Waals surface area contributed by atoms with Crippen molar-refractivity contribution < 1.29 is 9.53 Å². The van der Waals surface area contributed by atoms with Gasteiger partial charge in [-0.25, -0.2) is 4.79 Å². The Bertz CT molecular complexity index is 982. The third-order valence-electron chi connectivity index (χ3n) is 6.15. The van der Waals surface area contributed by atoms with E-state index < -0.39 is 6.09 Å². The van der Waals surface area contributed by atoms with Crippen molar-refractivity contribution in [3.8, 4) is 0 Å². The molecule has 0 radical (unpaired) electrons. The van der Waals surface area contributed by atoms with Crippen LogP contribution in [0.15, 0.2) is 58.7 Å². The zero-order valence-corrected chi connectivity index (χ0v) is 17.8. The van der Waals surface area contributed by atoms with Crippen LogP contribution in [0.5, 0.6) is 0 Å². The number of hydrogen-bond donors (Lipinski definition) is 3. The number of nitrogens with two attached hydrogens (primary N) is 2. The molecule has 1 fully saturated rings. The molecule has 1 aliphatic carbocycles. The van der Waals surface area contributed by atoms with E-state index in [-0.39, 0.29) is 17.9 Å². The summed E-state index contributed by atoms with van der Waals surface area (Å²) < 4.78 is 5.89. The highest BCUT2D eigenvalue weighted by molar-refractivity contribution is 6.12. The van der Waals surface area contributed by atoms with Gasteiger partial charge in [-0.1, -0.05) is 37.1 Å². The largest absolute Gasteiger partial charge is 0.446 e. The molecule has 0 saturated heterocycles. The van der Waals surface area contributed by atoms with Gasteiger partial charge in [0.1, 0.15) is 6.10 Å². The number of nitrogens with zero attached hydrogens (tertiary/aromatic N) is 2. The lowest BCUT2D eigenvalue weighted by molar-refractivity contribution is 0.0593. The molecular weight excluding hydrogens is 390 g/mol. The third kappa shape index (κ3) is 4.55. The highest BCUT2D eigenvalue weighted by atomic mass is 16.6. The molecule has 2 aliphatic rings. The summed E-state index contributed by atoms with van der Waals surface area (Å²) in [5.41, 5.74) is 16.9. The number of rotatable bonds is 3. The van der Waals surface area contributed by atoms with Crippen molar-refractivity contribution in [1.29, 1.82) is 0 Å². The summed E-state index contributed by atoms with van der Waals surface area (Å²) in [6.07, 6.45) is 4.23. The van der Waals surface area contributed by atoms with Gasteiger partial charge in [0.25, 0.3) is 0 Å². The SMILES string of the molecule is CNC(=O)OC1CCCCCC2C(c3ccc(N)cc3)=NN=C(c3ccc(N)cc3)C12. The fourth-order valence-electron chi connectivity index (χ4n) is 4.59. The topological polar surface area (TPSA) is 115 Å². The van der Waals surface area contributed by atoms with Crippen molar-refractivity contribution in [3.05, 3.63) is 59.7 Å². The molecule has 1 heterocycles. The molecule has 7 heteroatoms. The molecule has 31 heavy (non-hydrogen) atoms. The maximum atomic E-state index is 12.2. The monoisotopic (exact) mass is 419 g/mol. The fraction of sp³-hybridized carbons (Fsp3) is 0.375. The second-order valence-electron chi connectivity index (χ2n) is 8.18. The van der Waals surface area contributed by atoms with Gasteiger partial charge in [0, 0.05) is 30.3 Å². The molecule has 0 aromatic heterocycles. The molecule has 162 valence electrons. The minimum atomic E-state index is -0.419. The van der Waals surface area contributed by atoms with Gasteiger partial charge in [-0.2, -0.15) is 10.2 Å². The standard InChI is InChI=1S/C24H29N5O2/c1-27-24(30)31-20-6-4-2-3-5-19-21(20)23(16-9-13-18(26)14-10-16)29-28-22(19)15-7-11-17(25)12-8-15/h7-14,19-21H,2-6,25-26H2,1H3,(H,27,30). The van der Waals surface area contributed by atoms with Gasteiger partial charge in [-0.05, 0) is 54.7 Å². The Balaban J connectivity index is 1.81. The second kappa shape index (κ2) is 9.20. The molecule has 3 unspecified atom stereocenters. The van der Waals surface area contributed by atoms with Crippen molar-refractivity contribution in [1.82, 2.24) is 5.32 Å². The molecule has 2 aromatic rings. The number of alkyl carbamates (subject to hydrolysis) is 1. The van der Waals surface area contributed by atoms with Crippen LogP contribution < -0.4 is 16.8 Å². The van der Waals surface area contributed by atoms with Crippen molar-refractivity contribution in [2.45, 2.75) is 38.2 Å². The summed E-state index contributed by atoms with van der Waals surface area (Å²) in [5.74, 6) is -0.00471. The minimum absolute atomic E-state index is 0.0867. The average Bonchev–Trinajstić information content (AvgIpc) is 2.77. The van der Waals surface area contributed by atoms with Crippen molar-refractivity contribution >= 4 is 28.9 Å². The number of carbonyl (C=O) groups is 1. The summed E-state index contributed by atoms with van der Waals surface area (Å²) in [6, 6.07) is 15.4. The van der Waals surface area contributed by atoms with Gasteiger partial charge >= 0.3 is 6.09 Å². The first-order chi connectivity index (χ1) is 15.1. The van der Waals surface area contributed by atoms with Gasteiger partial charge in [0.05, 0.1) is 11.4 Å². The Morgan fingerprint density at radius 3 is 2.03 bits per heavy atom. The number of hydrogen-bond acceptors (Lipinski definition) is 6. The Kier molecular flexibility index (Phi) is 6.21. The lowest BCUT2D eigenvalue weighted by Crippen LogP contribution is -2.45. The number of carbonyl (C=O) groups excluding carboxylic acids is 1. The van der Waals surface area contributed by atoms with E-state index in [1.165, 1.54) is 0 Å². The first-order valence-corrected chi connectivity index (χ1v) is 10.8. The first-order valence-electron chi connectivity index (χ1n) is 10.8. The smallest absolute Gasteiger partial charge is 0.407 e. The fourth-order valence-corrected chi connectivity index (χ4v) is 4.59. The summed E-state index contributed by atoms with van der Waals surface area (Å²) in [5, 5.41) is 11.9. The normalized spacial score (nSPS) is 23.5. The van der Waals surface area contributed by atoms with Gasteiger partial charge < -0.3 is 21.5 Å². The number of benzene rings is 2. The molecule has 1 aliphatic heterocycles. The summed E-state index contributed by atoms with van der Waals surface area (Å²) in [6.45, 7) is 0. The predicted molar refractivity (Wildman–Crippen MR) is 124 cm³/mol. The molecule has 0 spiro atoms. The minimum Gasteiger partial charge on any atom is -0.446 e. The maximum absolute atomic E-state index is 12.2. The van der Waals surface area contributed by atoms with Crippen molar-refractivity contribution in [2.75, 3.05) is 18.5 Å². The molecule has 1 amide bonds. The zero-order chi connectivity index (χ0) is 21.8. The molecule has 0 bridgehead atoms. The van der Waals surface area contributed by atoms with Crippen LogP contribution in [0, 0.1) is 11.8 Å². The molecular formula is C24H29N5O2. The van der Waals surface area contributed by atoms with E-state index in [1.54, 1.807) is 7.05 Å². The van der Waals surface area contributed by atoms with E-state index in [0.717, 1.165) is 54.7 Å². The van der Waals surface area contributed by atoms with Crippen molar-refractivity contribution in [2.24, 2.45) is 22.0 Å². The van der Waals surface area contributed by atoms with Crippen LogP contribution in [0.3, 0.4) is 0 Å². The van der Waals surface area contributed by atoms with E-state index in [4.69, 9.17) is 16.2 Å². The Hall–Kier alpha value is -3.35. The summed E-state index contributed by atoms with van der Waals surface area (Å²) >= 11 is 0. The van der Waals surface area contributed by atoms with Crippen LogP contribution in [0.2, 0.25) is 0 Å². The van der Waals surface area contributed by atoms with E-state index in [2.05, 4.69) is 15.5 Å². The number of nitrogen functional groups attached to an aromatic ring is 2. The number of anilines is 2. The van der Waals surface area contributed by atoms with Gasteiger partial charge in [0.15, 0.2) is 0 Å². The first kappa shape index (κ1) is 20.9. The molecule has 1 saturated carbocycles. The number of ether oxygens (including phenoxy) is 1. The van der Waals surface area contributed by atoms with Crippen LogP contribution in [-0.2, 0) is 4.74 Å². The number of nitrogens with one attached hydrogen (secondary N) is 1. The lowest BCUT2D eigenvalue weighted by Gasteiger charge is -2.38. The lowest BCUT2D eigenvalue weighted by atomic mass is 9.71. The quantitative estimate of drug-likeness (QED) is 0.653. The van der Waals surface area contributed by atoms with E-state index in [9.17, 15) is 4.79 Å².